The molecule has 0 spiro atoms. The highest BCUT2D eigenvalue weighted by Crippen LogP contribution is 2.17. The molecular weight excluding hydrogens is 350 g/mol. The third-order valence-electron chi connectivity index (χ3n) is 3.96. The van der Waals surface area contributed by atoms with Crippen LogP contribution in [-0.4, -0.2) is 73.2 Å². The van der Waals surface area contributed by atoms with Gasteiger partial charge in [-0.3, -0.25) is 9.69 Å². The molecule has 1 aromatic carbocycles. The third kappa shape index (κ3) is 9.75. The van der Waals surface area contributed by atoms with E-state index >= 15 is 0 Å². The van der Waals surface area contributed by atoms with Crippen molar-refractivity contribution < 1.29 is 9.90 Å². The first-order valence-electron chi connectivity index (χ1n) is 8.67. The molecule has 0 fully saturated rings. The van der Waals surface area contributed by atoms with Gasteiger partial charge in [0.25, 0.3) is 0 Å². The van der Waals surface area contributed by atoms with Gasteiger partial charge < -0.3 is 21.5 Å². The first-order chi connectivity index (χ1) is 12.4. The van der Waals surface area contributed by atoms with Crippen molar-refractivity contribution >= 4 is 17.7 Å². The van der Waals surface area contributed by atoms with Crippen LogP contribution in [0.15, 0.2) is 29.2 Å². The number of nitrogens with zero attached hydrogens (tertiary/aromatic N) is 3. The van der Waals surface area contributed by atoms with Crippen LogP contribution in [0, 0.1) is 10.7 Å². The average molecular weight is 380 g/mol. The lowest BCUT2D eigenvalue weighted by atomic mass is 10.1. The summed E-state index contributed by atoms with van der Waals surface area (Å²) in [5, 5.41) is 19.8. The van der Waals surface area contributed by atoms with E-state index in [1.165, 1.54) is 0 Å². The quantitative estimate of drug-likeness (QED) is 0.340. The van der Waals surface area contributed by atoms with Crippen LogP contribution in [0.5, 0.6) is 0 Å². The van der Waals surface area contributed by atoms with Crippen LogP contribution < -0.4 is 11.5 Å². The van der Waals surface area contributed by atoms with E-state index < -0.39 is 5.97 Å². The lowest BCUT2D eigenvalue weighted by Crippen LogP contribution is -2.42. The van der Waals surface area contributed by atoms with Crippen molar-refractivity contribution in [3.63, 3.8) is 0 Å². The summed E-state index contributed by atoms with van der Waals surface area (Å²) in [4.78, 5) is 16.0. The summed E-state index contributed by atoms with van der Waals surface area (Å²) in [6.45, 7) is 3.53. The Morgan fingerprint density at radius 3 is 2.58 bits per heavy atom. The SMILES string of the molecule is CN(CCN)CCCN(CC(=O)O)CC(N)Cc1ccc(SC#N)cc1. The molecule has 8 heteroatoms. The van der Waals surface area contributed by atoms with Gasteiger partial charge in [-0.2, -0.15) is 5.26 Å². The van der Waals surface area contributed by atoms with Gasteiger partial charge >= 0.3 is 5.97 Å². The lowest BCUT2D eigenvalue weighted by Gasteiger charge is -2.25. The van der Waals surface area contributed by atoms with E-state index in [1.54, 1.807) is 0 Å². The number of carbonyl (C=O) groups is 1. The number of aliphatic carboxylic acids is 1. The molecule has 1 aromatic rings. The van der Waals surface area contributed by atoms with Crippen molar-refractivity contribution in [3.05, 3.63) is 29.8 Å². The highest BCUT2D eigenvalue weighted by Gasteiger charge is 2.14. The maximum Gasteiger partial charge on any atom is 0.317 e. The van der Waals surface area contributed by atoms with Gasteiger partial charge in [0, 0.05) is 37.1 Å². The fourth-order valence-electron chi connectivity index (χ4n) is 2.77. The highest BCUT2D eigenvalue weighted by molar-refractivity contribution is 8.03. The number of benzene rings is 1. The molecule has 0 radical (unpaired) electrons. The number of hydrogen-bond acceptors (Lipinski definition) is 7. The second-order valence-corrected chi connectivity index (χ2v) is 7.23. The van der Waals surface area contributed by atoms with Gasteiger partial charge in [0.1, 0.15) is 5.40 Å². The topological polar surface area (TPSA) is 120 Å². The van der Waals surface area contributed by atoms with E-state index in [-0.39, 0.29) is 12.6 Å². The van der Waals surface area contributed by atoms with Crippen LogP contribution in [0.4, 0.5) is 0 Å². The molecule has 0 heterocycles. The maximum atomic E-state index is 11.1. The number of nitriles is 1. The number of likely N-dealkylation sites (N-methyl/N-ethyl adjacent to an activating group) is 1. The summed E-state index contributed by atoms with van der Waals surface area (Å²) in [6, 6.07) is 7.58. The molecule has 0 aliphatic heterocycles. The summed E-state index contributed by atoms with van der Waals surface area (Å²) in [5.74, 6) is -0.842. The van der Waals surface area contributed by atoms with Gasteiger partial charge in [0.05, 0.1) is 6.54 Å². The van der Waals surface area contributed by atoms with Gasteiger partial charge in [-0.25, -0.2) is 0 Å². The first kappa shape index (κ1) is 22.4. The van der Waals surface area contributed by atoms with Gasteiger partial charge in [0.15, 0.2) is 0 Å². The predicted octanol–water partition coefficient (Wildman–Crippen LogP) is 0.797. The zero-order valence-electron chi connectivity index (χ0n) is 15.3. The van der Waals surface area contributed by atoms with Gasteiger partial charge in [-0.15, -0.1) is 0 Å². The summed E-state index contributed by atoms with van der Waals surface area (Å²) >= 11 is 1.12. The van der Waals surface area contributed by atoms with E-state index in [9.17, 15) is 4.79 Å². The van der Waals surface area contributed by atoms with Crippen molar-refractivity contribution in [1.29, 1.82) is 5.26 Å². The van der Waals surface area contributed by atoms with Crippen LogP contribution in [-0.2, 0) is 11.2 Å². The summed E-state index contributed by atoms with van der Waals surface area (Å²) in [6.07, 6.45) is 1.54. The number of carboxylic acid groups (broad SMARTS) is 1. The Morgan fingerprint density at radius 1 is 1.31 bits per heavy atom. The fourth-order valence-corrected chi connectivity index (χ4v) is 3.15. The molecule has 5 N–H and O–H groups in total. The van der Waals surface area contributed by atoms with Crippen LogP contribution >= 0.6 is 11.8 Å². The summed E-state index contributed by atoms with van der Waals surface area (Å²) in [7, 11) is 2.01. The normalized spacial score (nSPS) is 12.3. The number of carboxylic acids is 1. The smallest absolute Gasteiger partial charge is 0.317 e. The molecule has 0 aliphatic rings. The van der Waals surface area contributed by atoms with Gasteiger partial charge in [-0.1, -0.05) is 12.1 Å². The molecule has 0 aliphatic carbocycles. The minimum Gasteiger partial charge on any atom is -0.480 e. The van der Waals surface area contributed by atoms with Crippen molar-refractivity contribution in [2.24, 2.45) is 11.5 Å². The molecule has 0 saturated carbocycles. The number of thiocyanates is 1. The minimum atomic E-state index is -0.842. The van der Waals surface area contributed by atoms with Crippen LogP contribution in [0.2, 0.25) is 0 Å². The van der Waals surface area contributed by atoms with Crippen molar-refractivity contribution in [2.75, 3.05) is 46.3 Å². The molecule has 1 unspecified atom stereocenters. The zero-order valence-corrected chi connectivity index (χ0v) is 16.1. The second kappa shape index (κ2) is 12.7. The zero-order chi connectivity index (χ0) is 19.4. The van der Waals surface area contributed by atoms with Crippen LogP contribution in [0.1, 0.15) is 12.0 Å². The molecule has 144 valence electrons. The molecule has 26 heavy (non-hydrogen) atoms. The summed E-state index contributed by atoms with van der Waals surface area (Å²) in [5.41, 5.74) is 12.8. The Hall–Kier alpha value is -1.63. The van der Waals surface area contributed by atoms with Gasteiger partial charge in [0.2, 0.25) is 0 Å². The molecule has 1 atom stereocenters. The molecule has 0 saturated heterocycles. The standard InChI is InChI=1S/C18H29N5O2S/c1-22(10-7-19)8-2-9-23(13-18(24)25)12-16(21)11-15-3-5-17(6-4-15)26-14-20/h3-6,16H,2,7-13,19,21H2,1H3,(H,24,25). The van der Waals surface area contributed by atoms with Crippen molar-refractivity contribution in [3.8, 4) is 5.40 Å². The largest absolute Gasteiger partial charge is 0.480 e. The Bertz CT molecular complexity index is 576. The Labute approximate surface area is 159 Å². The maximum absolute atomic E-state index is 11.1. The average Bonchev–Trinajstić information content (AvgIpc) is 2.56. The predicted molar refractivity (Wildman–Crippen MR) is 105 cm³/mol. The van der Waals surface area contributed by atoms with E-state index in [0.29, 0.717) is 26.1 Å². The summed E-state index contributed by atoms with van der Waals surface area (Å²) < 4.78 is 0. The molecule has 0 amide bonds. The van der Waals surface area contributed by atoms with E-state index in [1.807, 2.05) is 41.6 Å². The Morgan fingerprint density at radius 2 is 2.00 bits per heavy atom. The van der Waals surface area contributed by atoms with Crippen LogP contribution in [0.25, 0.3) is 0 Å². The number of nitrogens with two attached hydrogens (primary N) is 2. The van der Waals surface area contributed by atoms with E-state index in [0.717, 1.165) is 41.7 Å². The van der Waals surface area contributed by atoms with Crippen molar-refractivity contribution in [2.45, 2.75) is 23.8 Å². The molecular formula is C18H29N5O2S. The van der Waals surface area contributed by atoms with Gasteiger partial charge in [-0.05, 0) is 55.9 Å². The molecule has 7 nitrogen and oxygen atoms in total. The number of hydrogen-bond donors (Lipinski definition) is 3. The van der Waals surface area contributed by atoms with Crippen molar-refractivity contribution in [1.82, 2.24) is 9.80 Å². The molecule has 0 aromatic heterocycles. The Balaban J connectivity index is 2.49. The Kier molecular flexibility index (Phi) is 10.9. The monoisotopic (exact) mass is 379 g/mol. The minimum absolute atomic E-state index is 0.00789. The number of rotatable bonds is 13. The number of thioether (sulfide) groups is 1. The second-order valence-electron chi connectivity index (χ2n) is 6.38. The third-order valence-corrected chi connectivity index (χ3v) is 4.56. The van der Waals surface area contributed by atoms with E-state index in [4.69, 9.17) is 21.8 Å². The lowest BCUT2D eigenvalue weighted by molar-refractivity contribution is -0.138. The molecule has 0 bridgehead atoms. The van der Waals surface area contributed by atoms with Crippen LogP contribution in [0.3, 0.4) is 0 Å². The molecule has 1 rings (SSSR count). The first-order valence-corrected chi connectivity index (χ1v) is 9.49. The van der Waals surface area contributed by atoms with E-state index in [2.05, 4.69) is 4.90 Å². The highest BCUT2D eigenvalue weighted by atomic mass is 32.2. The fraction of sp³-hybridized carbons (Fsp3) is 0.556.